The van der Waals surface area contributed by atoms with Gasteiger partial charge in [-0.25, -0.2) is 0 Å². The molecule has 3 nitrogen and oxygen atoms in total. The number of alkyl halides is 3. The Morgan fingerprint density at radius 2 is 2.00 bits per heavy atom. The first kappa shape index (κ1) is 11.2. The molecule has 7 heteroatoms. The van der Waals surface area contributed by atoms with Gasteiger partial charge in [0.1, 0.15) is 10.4 Å². The molecule has 0 atom stereocenters. The fraction of sp³-hybridized carbons (Fsp3) is 0.0909. The molecule has 0 unspecified atom stereocenters. The van der Waals surface area contributed by atoms with Gasteiger partial charge in [0.05, 0.1) is 11.7 Å². The number of fused-ring (bicyclic) bond motifs is 1. The Hall–Kier alpha value is -1.89. The molecule has 0 fully saturated rings. The third-order valence-corrected chi connectivity index (χ3v) is 3.64. The first-order valence-corrected chi connectivity index (χ1v) is 5.82. The lowest BCUT2D eigenvalue weighted by Gasteiger charge is -2.01. The van der Waals surface area contributed by atoms with Gasteiger partial charge >= 0.3 is 6.18 Å². The Bertz CT molecular complexity index is 699. The fourth-order valence-electron chi connectivity index (χ4n) is 1.61. The van der Waals surface area contributed by atoms with Crippen LogP contribution in [0.3, 0.4) is 0 Å². The average Bonchev–Trinajstić information content (AvgIpc) is 2.96. The maximum absolute atomic E-state index is 12.5. The number of nitrogens with zero attached hydrogens (tertiary/aromatic N) is 2. The Labute approximate surface area is 103 Å². The van der Waals surface area contributed by atoms with E-state index in [0.717, 1.165) is 6.07 Å². The average molecular weight is 269 g/mol. The minimum atomic E-state index is -4.30. The number of thiophene rings is 1. The topological polar surface area (TPSA) is 41.6 Å². The summed E-state index contributed by atoms with van der Waals surface area (Å²) in [5.41, 5.74) is 2.04. The minimum absolute atomic E-state index is 0.534. The van der Waals surface area contributed by atoms with E-state index >= 15 is 0 Å². The van der Waals surface area contributed by atoms with E-state index in [4.69, 9.17) is 0 Å². The maximum Gasteiger partial charge on any atom is 0.425 e. The molecule has 0 aliphatic rings. The van der Waals surface area contributed by atoms with Gasteiger partial charge in [-0.1, -0.05) is 0 Å². The number of hydrogen-bond acceptors (Lipinski definition) is 3. The zero-order valence-electron chi connectivity index (χ0n) is 8.82. The quantitative estimate of drug-likeness (QED) is 0.731. The van der Waals surface area contributed by atoms with Crippen molar-refractivity contribution in [1.29, 1.82) is 0 Å². The predicted molar refractivity (Wildman–Crippen MR) is 62.2 cm³/mol. The van der Waals surface area contributed by atoms with Gasteiger partial charge in [-0.15, -0.1) is 11.3 Å². The van der Waals surface area contributed by atoms with Gasteiger partial charge in [0.2, 0.25) is 0 Å². The summed E-state index contributed by atoms with van der Waals surface area (Å²) in [5, 5.41) is 6.55. The Kier molecular flexibility index (Phi) is 2.37. The molecule has 92 valence electrons. The van der Waals surface area contributed by atoms with Crippen LogP contribution in [-0.2, 0) is 6.18 Å². The third kappa shape index (κ3) is 1.86. The van der Waals surface area contributed by atoms with Crippen LogP contribution in [0.25, 0.3) is 21.5 Å². The number of pyridine rings is 1. The third-order valence-electron chi connectivity index (χ3n) is 2.46. The summed E-state index contributed by atoms with van der Waals surface area (Å²) < 4.78 is 37.5. The molecular formula is C11H6F3N3S. The van der Waals surface area contributed by atoms with E-state index in [1.807, 2.05) is 0 Å². The van der Waals surface area contributed by atoms with Gasteiger partial charge in [-0.05, 0) is 18.2 Å². The van der Waals surface area contributed by atoms with Crippen molar-refractivity contribution in [3.8, 4) is 10.4 Å². The highest BCUT2D eigenvalue weighted by atomic mass is 32.1. The standard InChI is InChI=1S/C11H6F3N3S/c12-11(13,14)10-2-1-9(18-10)6-3-7-8(15-4-6)5-16-17-7/h1-5H,(H,16,17). The summed E-state index contributed by atoms with van der Waals surface area (Å²) >= 11 is 0.705. The van der Waals surface area contributed by atoms with E-state index < -0.39 is 11.1 Å². The normalized spacial score (nSPS) is 12.2. The number of aromatic nitrogens is 3. The van der Waals surface area contributed by atoms with Crippen molar-refractivity contribution in [1.82, 2.24) is 15.2 Å². The number of halogens is 3. The van der Waals surface area contributed by atoms with Crippen LogP contribution in [-0.4, -0.2) is 15.2 Å². The number of aromatic amines is 1. The second kappa shape index (κ2) is 3.81. The van der Waals surface area contributed by atoms with Crippen molar-refractivity contribution in [2.75, 3.05) is 0 Å². The van der Waals surface area contributed by atoms with Crippen LogP contribution in [0.4, 0.5) is 13.2 Å². The molecule has 0 radical (unpaired) electrons. The molecule has 0 amide bonds. The lowest BCUT2D eigenvalue weighted by Crippen LogP contribution is -2.00. The minimum Gasteiger partial charge on any atom is -0.276 e. The van der Waals surface area contributed by atoms with Crippen molar-refractivity contribution in [3.63, 3.8) is 0 Å². The van der Waals surface area contributed by atoms with Crippen molar-refractivity contribution < 1.29 is 13.2 Å². The molecule has 0 aliphatic carbocycles. The molecule has 0 aromatic carbocycles. The van der Waals surface area contributed by atoms with Crippen molar-refractivity contribution in [2.24, 2.45) is 0 Å². The van der Waals surface area contributed by atoms with E-state index in [2.05, 4.69) is 15.2 Å². The molecule has 3 aromatic rings. The Balaban J connectivity index is 2.06. The van der Waals surface area contributed by atoms with Crippen LogP contribution in [0.15, 0.2) is 30.6 Å². The van der Waals surface area contributed by atoms with Crippen LogP contribution in [0.5, 0.6) is 0 Å². The van der Waals surface area contributed by atoms with E-state index in [9.17, 15) is 13.2 Å². The van der Waals surface area contributed by atoms with Gasteiger partial charge < -0.3 is 0 Å². The first-order valence-electron chi connectivity index (χ1n) is 5.00. The molecule has 0 aliphatic heterocycles. The highest BCUT2D eigenvalue weighted by Gasteiger charge is 2.32. The summed E-state index contributed by atoms with van der Waals surface area (Å²) in [6, 6.07) is 4.27. The van der Waals surface area contributed by atoms with Crippen LogP contribution in [0, 0.1) is 0 Å². The number of rotatable bonds is 1. The number of hydrogen-bond donors (Lipinski definition) is 1. The zero-order chi connectivity index (χ0) is 12.8. The summed E-state index contributed by atoms with van der Waals surface area (Å²) in [5.74, 6) is 0. The number of H-pyrrole nitrogens is 1. The highest BCUT2D eigenvalue weighted by Crippen LogP contribution is 2.38. The molecule has 1 N–H and O–H groups in total. The lowest BCUT2D eigenvalue weighted by molar-refractivity contribution is -0.134. The Morgan fingerprint density at radius 3 is 2.72 bits per heavy atom. The van der Waals surface area contributed by atoms with Gasteiger partial charge in [0, 0.05) is 16.6 Å². The fourth-order valence-corrected chi connectivity index (χ4v) is 2.47. The van der Waals surface area contributed by atoms with Crippen molar-refractivity contribution >= 4 is 22.4 Å². The van der Waals surface area contributed by atoms with Crippen molar-refractivity contribution in [2.45, 2.75) is 6.18 Å². The van der Waals surface area contributed by atoms with Gasteiger partial charge in [-0.2, -0.15) is 18.3 Å². The maximum atomic E-state index is 12.5. The smallest absolute Gasteiger partial charge is 0.276 e. The van der Waals surface area contributed by atoms with E-state index in [-0.39, 0.29) is 0 Å². The largest absolute Gasteiger partial charge is 0.425 e. The molecule has 0 saturated heterocycles. The monoisotopic (exact) mass is 269 g/mol. The molecule has 18 heavy (non-hydrogen) atoms. The van der Waals surface area contributed by atoms with Gasteiger partial charge in [0.25, 0.3) is 0 Å². The molecular weight excluding hydrogens is 263 g/mol. The zero-order valence-corrected chi connectivity index (χ0v) is 9.64. The summed E-state index contributed by atoms with van der Waals surface area (Å²) in [6.07, 6.45) is -1.19. The van der Waals surface area contributed by atoms with E-state index in [0.29, 0.717) is 32.8 Å². The second-order valence-corrected chi connectivity index (χ2v) is 4.77. The highest BCUT2D eigenvalue weighted by molar-refractivity contribution is 7.15. The summed E-state index contributed by atoms with van der Waals surface area (Å²) in [4.78, 5) is 4.05. The van der Waals surface area contributed by atoms with Crippen LogP contribution in [0.1, 0.15) is 4.88 Å². The van der Waals surface area contributed by atoms with E-state index in [1.165, 1.54) is 6.07 Å². The molecule has 0 spiro atoms. The summed E-state index contributed by atoms with van der Waals surface area (Å²) in [6.45, 7) is 0. The first-order chi connectivity index (χ1) is 8.54. The van der Waals surface area contributed by atoms with Gasteiger partial charge in [-0.3, -0.25) is 10.1 Å². The molecule has 0 saturated carbocycles. The SMILES string of the molecule is FC(F)(F)c1ccc(-c2cnc3cn[nH]c3c2)s1. The lowest BCUT2D eigenvalue weighted by atomic mass is 10.2. The van der Waals surface area contributed by atoms with Crippen molar-refractivity contribution in [3.05, 3.63) is 35.5 Å². The summed E-state index contributed by atoms with van der Waals surface area (Å²) in [7, 11) is 0. The van der Waals surface area contributed by atoms with E-state index in [1.54, 1.807) is 18.5 Å². The molecule has 3 aromatic heterocycles. The Morgan fingerprint density at radius 1 is 1.17 bits per heavy atom. The number of nitrogens with one attached hydrogen (secondary N) is 1. The van der Waals surface area contributed by atoms with Crippen LogP contribution in [0.2, 0.25) is 0 Å². The van der Waals surface area contributed by atoms with Crippen LogP contribution >= 0.6 is 11.3 Å². The molecule has 3 rings (SSSR count). The van der Waals surface area contributed by atoms with Crippen LogP contribution < -0.4 is 0 Å². The molecule has 3 heterocycles. The predicted octanol–water partition coefficient (Wildman–Crippen LogP) is 3.71. The molecule has 0 bridgehead atoms. The van der Waals surface area contributed by atoms with Gasteiger partial charge in [0.15, 0.2) is 0 Å². The second-order valence-electron chi connectivity index (χ2n) is 3.69.